The van der Waals surface area contributed by atoms with Gasteiger partial charge >= 0.3 is 12.0 Å². The quantitative estimate of drug-likeness (QED) is 0.731. The number of hydrogen-bond acceptors (Lipinski definition) is 3. The molecule has 0 aromatic rings. The van der Waals surface area contributed by atoms with Crippen molar-refractivity contribution in [3.63, 3.8) is 0 Å². The molecule has 17 heavy (non-hydrogen) atoms. The van der Waals surface area contributed by atoms with Crippen LogP contribution in [-0.2, 0) is 4.79 Å². The predicted molar refractivity (Wildman–Crippen MR) is 61.7 cm³/mol. The topological polar surface area (TPSA) is 81.1 Å². The van der Waals surface area contributed by atoms with E-state index >= 15 is 0 Å². The van der Waals surface area contributed by atoms with E-state index in [9.17, 15) is 9.59 Å². The number of urea groups is 1. The Bertz CT molecular complexity index is 291. The maximum absolute atomic E-state index is 12.1. The highest BCUT2D eigenvalue weighted by Gasteiger charge is 2.32. The average Bonchev–Trinajstić information content (AvgIpc) is 2.22. The Morgan fingerprint density at radius 3 is 2.35 bits per heavy atom. The van der Waals surface area contributed by atoms with Crippen molar-refractivity contribution in [1.82, 2.24) is 9.80 Å². The maximum Gasteiger partial charge on any atom is 0.326 e. The second-order valence-corrected chi connectivity index (χ2v) is 4.41. The number of aliphatic hydroxyl groups excluding tert-OH is 1. The molecular weight excluding hydrogens is 224 g/mol. The second kappa shape index (κ2) is 5.86. The first-order valence-electron chi connectivity index (χ1n) is 5.86. The third kappa shape index (κ3) is 3.09. The predicted octanol–water partition coefficient (Wildman–Crippen LogP) is 0.358. The molecule has 1 aliphatic rings. The summed E-state index contributed by atoms with van der Waals surface area (Å²) < 4.78 is 0. The van der Waals surface area contributed by atoms with Crippen LogP contribution in [0.2, 0.25) is 0 Å². The molecule has 6 heteroatoms. The molecular formula is C11H20N2O4. The van der Waals surface area contributed by atoms with Gasteiger partial charge in [-0.25, -0.2) is 9.59 Å². The summed E-state index contributed by atoms with van der Waals surface area (Å²) in [6.45, 7) is 1.63. The zero-order chi connectivity index (χ0) is 13.0. The molecule has 1 aliphatic carbocycles. The van der Waals surface area contributed by atoms with Crippen molar-refractivity contribution in [2.45, 2.75) is 38.3 Å². The van der Waals surface area contributed by atoms with E-state index in [2.05, 4.69) is 0 Å². The minimum Gasteiger partial charge on any atom is -0.480 e. The largest absolute Gasteiger partial charge is 0.480 e. The second-order valence-electron chi connectivity index (χ2n) is 4.41. The van der Waals surface area contributed by atoms with Gasteiger partial charge in [0.25, 0.3) is 0 Å². The first-order valence-corrected chi connectivity index (χ1v) is 5.86. The fourth-order valence-corrected chi connectivity index (χ4v) is 1.77. The lowest BCUT2D eigenvalue weighted by Gasteiger charge is -2.40. The highest BCUT2D eigenvalue weighted by molar-refractivity contribution is 5.82. The highest BCUT2D eigenvalue weighted by atomic mass is 16.4. The van der Waals surface area contributed by atoms with Crippen LogP contribution in [-0.4, -0.2) is 64.3 Å². The summed E-state index contributed by atoms with van der Waals surface area (Å²) in [5, 5.41) is 17.8. The monoisotopic (exact) mass is 244 g/mol. The normalized spacial score (nSPS) is 17.1. The Labute approximate surface area is 101 Å². The standard InChI is InChI=1S/C11H20N2O4/c1-8(10(15)16)12(2)11(17)13(6-7-14)9-4-3-5-9/h8-9,14H,3-7H2,1-2H3,(H,15,16). The fraction of sp³-hybridized carbons (Fsp3) is 0.818. The number of likely N-dealkylation sites (N-methyl/N-ethyl adjacent to an activating group) is 1. The molecule has 0 saturated heterocycles. The van der Waals surface area contributed by atoms with E-state index in [-0.39, 0.29) is 25.2 Å². The average molecular weight is 244 g/mol. The molecule has 0 aromatic heterocycles. The number of carbonyl (C=O) groups excluding carboxylic acids is 1. The molecule has 2 amide bonds. The summed E-state index contributed by atoms with van der Waals surface area (Å²) in [6, 6.07) is -1.03. The van der Waals surface area contributed by atoms with Crippen molar-refractivity contribution in [2.24, 2.45) is 0 Å². The van der Waals surface area contributed by atoms with Gasteiger partial charge in [0, 0.05) is 19.6 Å². The van der Waals surface area contributed by atoms with Gasteiger partial charge in [0.15, 0.2) is 0 Å². The van der Waals surface area contributed by atoms with Crippen LogP contribution in [0, 0.1) is 0 Å². The number of hydrogen-bond donors (Lipinski definition) is 2. The van der Waals surface area contributed by atoms with Crippen LogP contribution >= 0.6 is 0 Å². The number of carbonyl (C=O) groups is 2. The van der Waals surface area contributed by atoms with Crippen LogP contribution in [0.4, 0.5) is 4.79 Å². The van der Waals surface area contributed by atoms with Gasteiger partial charge in [0.2, 0.25) is 0 Å². The first-order chi connectivity index (χ1) is 7.99. The molecule has 6 nitrogen and oxygen atoms in total. The molecule has 1 fully saturated rings. The van der Waals surface area contributed by atoms with E-state index in [0.29, 0.717) is 0 Å². The lowest BCUT2D eigenvalue weighted by atomic mass is 9.91. The van der Waals surface area contributed by atoms with Gasteiger partial charge in [-0.2, -0.15) is 0 Å². The van der Waals surface area contributed by atoms with E-state index < -0.39 is 12.0 Å². The van der Waals surface area contributed by atoms with Crippen LogP contribution in [0.1, 0.15) is 26.2 Å². The van der Waals surface area contributed by atoms with Gasteiger partial charge in [-0.1, -0.05) is 0 Å². The summed E-state index contributed by atoms with van der Waals surface area (Å²) in [4.78, 5) is 25.7. The number of amides is 2. The van der Waals surface area contributed by atoms with Crippen molar-refractivity contribution < 1.29 is 19.8 Å². The molecule has 1 saturated carbocycles. The van der Waals surface area contributed by atoms with Crippen LogP contribution in [0.15, 0.2) is 0 Å². The van der Waals surface area contributed by atoms with Gasteiger partial charge in [-0.3, -0.25) is 0 Å². The molecule has 0 spiro atoms. The number of rotatable bonds is 5. The summed E-state index contributed by atoms with van der Waals surface area (Å²) in [5.74, 6) is -1.03. The number of aliphatic carboxylic acids is 1. The molecule has 2 N–H and O–H groups in total. The summed E-state index contributed by atoms with van der Waals surface area (Å²) in [6.07, 6.45) is 2.94. The molecule has 0 bridgehead atoms. The minimum absolute atomic E-state index is 0.0997. The van der Waals surface area contributed by atoms with Gasteiger partial charge < -0.3 is 20.0 Å². The Balaban J connectivity index is 2.66. The molecule has 0 radical (unpaired) electrons. The molecule has 1 atom stereocenters. The summed E-state index contributed by atoms with van der Waals surface area (Å²) in [7, 11) is 1.48. The minimum atomic E-state index is -1.03. The van der Waals surface area contributed by atoms with Crippen molar-refractivity contribution in [2.75, 3.05) is 20.2 Å². The van der Waals surface area contributed by atoms with Crippen LogP contribution < -0.4 is 0 Å². The SMILES string of the molecule is CC(C(=O)O)N(C)C(=O)N(CCO)C1CCC1. The highest BCUT2D eigenvalue weighted by Crippen LogP contribution is 2.25. The molecule has 0 aliphatic heterocycles. The Morgan fingerprint density at radius 1 is 1.41 bits per heavy atom. The van der Waals surface area contributed by atoms with Gasteiger partial charge in [0.05, 0.1) is 6.61 Å². The molecule has 98 valence electrons. The van der Waals surface area contributed by atoms with Crippen molar-refractivity contribution in [3.8, 4) is 0 Å². The van der Waals surface area contributed by atoms with E-state index in [1.807, 2.05) is 0 Å². The van der Waals surface area contributed by atoms with E-state index in [0.717, 1.165) is 19.3 Å². The molecule has 0 heterocycles. The van der Waals surface area contributed by atoms with Gasteiger partial charge in [-0.05, 0) is 26.2 Å². The van der Waals surface area contributed by atoms with Crippen molar-refractivity contribution in [1.29, 1.82) is 0 Å². The Morgan fingerprint density at radius 2 is 2.00 bits per heavy atom. The number of nitrogens with zero attached hydrogens (tertiary/aromatic N) is 2. The van der Waals surface area contributed by atoms with Crippen LogP contribution in [0.25, 0.3) is 0 Å². The summed E-state index contributed by atoms with van der Waals surface area (Å²) >= 11 is 0. The Kier molecular flexibility index (Phi) is 4.74. The van der Waals surface area contributed by atoms with Crippen LogP contribution in [0.3, 0.4) is 0 Å². The maximum atomic E-state index is 12.1. The first kappa shape index (κ1) is 13.8. The third-order valence-electron chi connectivity index (χ3n) is 3.34. The number of carboxylic acid groups (broad SMARTS) is 1. The Hall–Kier alpha value is -1.30. The number of carboxylic acids is 1. The van der Waals surface area contributed by atoms with Crippen molar-refractivity contribution in [3.05, 3.63) is 0 Å². The zero-order valence-electron chi connectivity index (χ0n) is 10.3. The van der Waals surface area contributed by atoms with Crippen molar-refractivity contribution >= 4 is 12.0 Å². The smallest absolute Gasteiger partial charge is 0.326 e. The third-order valence-corrected chi connectivity index (χ3v) is 3.34. The fourth-order valence-electron chi connectivity index (χ4n) is 1.77. The molecule has 0 aromatic carbocycles. The lowest BCUT2D eigenvalue weighted by molar-refractivity contribution is -0.141. The number of aliphatic hydroxyl groups is 1. The van der Waals surface area contributed by atoms with Gasteiger partial charge in [0.1, 0.15) is 6.04 Å². The van der Waals surface area contributed by atoms with Gasteiger partial charge in [-0.15, -0.1) is 0 Å². The lowest BCUT2D eigenvalue weighted by Crippen LogP contribution is -2.53. The molecule has 1 rings (SSSR count). The van der Waals surface area contributed by atoms with Crippen LogP contribution in [0.5, 0.6) is 0 Å². The van der Waals surface area contributed by atoms with E-state index in [4.69, 9.17) is 10.2 Å². The molecule has 1 unspecified atom stereocenters. The van der Waals surface area contributed by atoms with E-state index in [1.54, 1.807) is 4.90 Å². The van der Waals surface area contributed by atoms with E-state index in [1.165, 1.54) is 18.9 Å². The summed E-state index contributed by atoms with van der Waals surface area (Å²) in [5.41, 5.74) is 0. The zero-order valence-corrected chi connectivity index (χ0v) is 10.3.